The lowest BCUT2D eigenvalue weighted by atomic mass is 10.1. The van der Waals surface area contributed by atoms with Gasteiger partial charge in [0.1, 0.15) is 5.82 Å². The molecule has 3 aromatic carbocycles. The van der Waals surface area contributed by atoms with Crippen LogP contribution in [0, 0.1) is 5.82 Å². The fraction of sp³-hybridized carbons (Fsp3) is 0.208. The van der Waals surface area contributed by atoms with Crippen molar-refractivity contribution in [3.05, 3.63) is 94.3 Å². The first-order valence-corrected chi connectivity index (χ1v) is 11.2. The van der Waals surface area contributed by atoms with Gasteiger partial charge in [-0.15, -0.1) is 11.8 Å². The summed E-state index contributed by atoms with van der Waals surface area (Å²) in [6, 6.07) is 20.1. The van der Waals surface area contributed by atoms with Gasteiger partial charge in [-0.2, -0.15) is 0 Å². The number of anilines is 1. The van der Waals surface area contributed by atoms with E-state index in [4.69, 9.17) is 11.6 Å². The second kappa shape index (κ2) is 9.54. The van der Waals surface area contributed by atoms with Crippen LogP contribution in [-0.4, -0.2) is 24.7 Å². The van der Waals surface area contributed by atoms with Crippen LogP contribution in [0.3, 0.4) is 0 Å². The van der Waals surface area contributed by atoms with Crippen molar-refractivity contribution in [2.45, 2.75) is 17.9 Å². The zero-order valence-electron chi connectivity index (χ0n) is 16.4. The fourth-order valence-corrected chi connectivity index (χ4v) is 4.62. The lowest BCUT2D eigenvalue weighted by Gasteiger charge is -2.31. The number of thioether (sulfide) groups is 1. The summed E-state index contributed by atoms with van der Waals surface area (Å²) in [6.07, 6.45) is 0.750. The van der Waals surface area contributed by atoms with E-state index in [1.165, 1.54) is 17.0 Å². The summed E-state index contributed by atoms with van der Waals surface area (Å²) >= 11 is 7.71. The quantitative estimate of drug-likeness (QED) is 0.544. The highest BCUT2D eigenvalue weighted by atomic mass is 35.5. The Kier molecular flexibility index (Phi) is 6.60. The van der Waals surface area contributed by atoms with E-state index in [1.807, 2.05) is 54.6 Å². The summed E-state index contributed by atoms with van der Waals surface area (Å²) in [5.41, 5.74) is 3.89. The monoisotopic (exact) mass is 440 g/mol. The molecule has 3 aromatic rings. The van der Waals surface area contributed by atoms with Gasteiger partial charge in [0.25, 0.3) is 5.91 Å². The number of rotatable bonds is 6. The number of nitrogens with one attached hydrogen (secondary N) is 1. The van der Waals surface area contributed by atoms with Crippen molar-refractivity contribution in [3.63, 3.8) is 0 Å². The second-order valence-corrected chi connectivity index (χ2v) is 8.78. The van der Waals surface area contributed by atoms with Crippen molar-refractivity contribution in [3.8, 4) is 0 Å². The molecule has 0 radical (unpaired) electrons. The van der Waals surface area contributed by atoms with Crippen molar-refractivity contribution in [1.29, 1.82) is 0 Å². The Morgan fingerprint density at radius 3 is 2.53 bits per heavy atom. The first kappa shape index (κ1) is 20.8. The standard InChI is InChI=1S/C24H22ClFN2OS/c25-20-6-1-17(2-7-20)11-12-27-24(29)19-5-10-23-22(15-19)28(13-14-30-23)16-18-3-8-21(26)9-4-18/h1-10,15H,11-14,16H2,(H,27,29). The molecule has 1 aliphatic rings. The molecule has 0 atom stereocenters. The average Bonchev–Trinajstić information content (AvgIpc) is 2.76. The van der Waals surface area contributed by atoms with E-state index < -0.39 is 0 Å². The van der Waals surface area contributed by atoms with Gasteiger partial charge in [-0.25, -0.2) is 4.39 Å². The van der Waals surface area contributed by atoms with Gasteiger partial charge >= 0.3 is 0 Å². The third kappa shape index (κ3) is 5.15. The molecular weight excluding hydrogens is 419 g/mol. The molecule has 0 aliphatic carbocycles. The minimum atomic E-state index is -0.231. The molecule has 0 saturated carbocycles. The zero-order valence-corrected chi connectivity index (χ0v) is 18.0. The molecule has 4 rings (SSSR count). The van der Waals surface area contributed by atoms with E-state index in [0.29, 0.717) is 23.7 Å². The van der Waals surface area contributed by atoms with Crippen LogP contribution in [0.4, 0.5) is 10.1 Å². The molecule has 30 heavy (non-hydrogen) atoms. The highest BCUT2D eigenvalue weighted by molar-refractivity contribution is 7.99. The van der Waals surface area contributed by atoms with E-state index in [-0.39, 0.29) is 11.7 Å². The van der Waals surface area contributed by atoms with E-state index in [9.17, 15) is 9.18 Å². The molecule has 0 bridgehead atoms. The molecule has 1 heterocycles. The lowest BCUT2D eigenvalue weighted by Crippen LogP contribution is -2.30. The van der Waals surface area contributed by atoms with Crippen molar-refractivity contribution in [2.24, 2.45) is 0 Å². The summed E-state index contributed by atoms with van der Waals surface area (Å²) < 4.78 is 13.2. The molecule has 1 amide bonds. The Morgan fingerprint density at radius 2 is 1.77 bits per heavy atom. The number of halogens is 2. The second-order valence-electron chi connectivity index (χ2n) is 7.21. The lowest BCUT2D eigenvalue weighted by molar-refractivity contribution is 0.0954. The summed E-state index contributed by atoms with van der Waals surface area (Å²) in [4.78, 5) is 16.1. The Labute approximate surface area is 185 Å². The van der Waals surface area contributed by atoms with E-state index >= 15 is 0 Å². The zero-order chi connectivity index (χ0) is 20.9. The average molecular weight is 441 g/mol. The van der Waals surface area contributed by atoms with Gasteiger partial charge in [0, 0.05) is 40.9 Å². The largest absolute Gasteiger partial charge is 0.365 e. The molecular formula is C24H22ClFN2OS. The third-order valence-corrected chi connectivity index (χ3v) is 6.37. The Balaban J connectivity index is 1.42. The smallest absolute Gasteiger partial charge is 0.251 e. The molecule has 0 fully saturated rings. The number of nitrogens with zero attached hydrogens (tertiary/aromatic N) is 1. The Hall–Kier alpha value is -2.50. The molecule has 6 heteroatoms. The first-order valence-electron chi connectivity index (χ1n) is 9.87. The van der Waals surface area contributed by atoms with E-state index in [1.54, 1.807) is 11.8 Å². The van der Waals surface area contributed by atoms with Crippen molar-refractivity contribution in [2.75, 3.05) is 23.7 Å². The topological polar surface area (TPSA) is 32.3 Å². The molecule has 154 valence electrons. The normalized spacial score (nSPS) is 13.1. The highest BCUT2D eigenvalue weighted by Gasteiger charge is 2.19. The summed E-state index contributed by atoms with van der Waals surface area (Å²) in [5, 5.41) is 3.71. The summed E-state index contributed by atoms with van der Waals surface area (Å²) in [5.74, 6) is 0.677. The van der Waals surface area contributed by atoms with Gasteiger partial charge in [0.2, 0.25) is 0 Å². The van der Waals surface area contributed by atoms with Crippen molar-refractivity contribution < 1.29 is 9.18 Å². The maximum absolute atomic E-state index is 13.2. The van der Waals surface area contributed by atoms with Crippen molar-refractivity contribution in [1.82, 2.24) is 5.32 Å². The van der Waals surface area contributed by atoms with Crippen LogP contribution in [-0.2, 0) is 13.0 Å². The molecule has 0 spiro atoms. The molecule has 0 unspecified atom stereocenters. The van der Waals surface area contributed by atoms with Gasteiger partial charge in [0.15, 0.2) is 0 Å². The van der Waals surface area contributed by atoms with Crippen LogP contribution >= 0.6 is 23.4 Å². The Bertz CT molecular complexity index is 1020. The van der Waals surface area contributed by atoms with Crippen LogP contribution in [0.25, 0.3) is 0 Å². The molecule has 1 aliphatic heterocycles. The summed E-state index contributed by atoms with van der Waals surface area (Å²) in [7, 11) is 0. The van der Waals surface area contributed by atoms with Crippen LogP contribution in [0.1, 0.15) is 21.5 Å². The van der Waals surface area contributed by atoms with Gasteiger partial charge in [0.05, 0.1) is 5.69 Å². The number of amides is 1. The predicted molar refractivity (Wildman–Crippen MR) is 122 cm³/mol. The number of hydrogen-bond acceptors (Lipinski definition) is 3. The van der Waals surface area contributed by atoms with Gasteiger partial charge in [-0.05, 0) is 60.0 Å². The van der Waals surface area contributed by atoms with E-state index in [0.717, 1.165) is 35.5 Å². The number of carbonyl (C=O) groups excluding carboxylic acids is 1. The van der Waals surface area contributed by atoms with Crippen LogP contribution in [0.5, 0.6) is 0 Å². The maximum atomic E-state index is 13.2. The Morgan fingerprint density at radius 1 is 1.03 bits per heavy atom. The first-order chi connectivity index (χ1) is 14.6. The molecule has 3 nitrogen and oxygen atoms in total. The minimum absolute atomic E-state index is 0.0796. The van der Waals surface area contributed by atoms with Gasteiger partial charge < -0.3 is 10.2 Å². The third-order valence-electron chi connectivity index (χ3n) is 5.08. The predicted octanol–water partition coefficient (Wildman–Crippen LogP) is 5.56. The highest BCUT2D eigenvalue weighted by Crippen LogP contribution is 2.36. The van der Waals surface area contributed by atoms with Crippen molar-refractivity contribution >= 4 is 35.0 Å². The van der Waals surface area contributed by atoms with Gasteiger partial charge in [-0.1, -0.05) is 35.9 Å². The van der Waals surface area contributed by atoms with Crippen LogP contribution in [0.2, 0.25) is 5.02 Å². The molecule has 0 aromatic heterocycles. The molecule has 1 N–H and O–H groups in total. The van der Waals surface area contributed by atoms with Gasteiger partial charge in [-0.3, -0.25) is 4.79 Å². The minimum Gasteiger partial charge on any atom is -0.365 e. The number of hydrogen-bond donors (Lipinski definition) is 1. The van der Waals surface area contributed by atoms with E-state index in [2.05, 4.69) is 10.2 Å². The number of carbonyl (C=O) groups is 1. The SMILES string of the molecule is O=C(NCCc1ccc(Cl)cc1)c1ccc2c(c1)N(Cc1ccc(F)cc1)CCS2. The van der Waals surface area contributed by atoms with Crippen LogP contribution < -0.4 is 10.2 Å². The maximum Gasteiger partial charge on any atom is 0.251 e. The summed E-state index contributed by atoms with van der Waals surface area (Å²) in [6.45, 7) is 2.14. The van der Waals surface area contributed by atoms with Crippen LogP contribution in [0.15, 0.2) is 71.6 Å². The number of fused-ring (bicyclic) bond motifs is 1. The fourth-order valence-electron chi connectivity index (χ4n) is 3.46. The molecule has 0 saturated heterocycles. The number of benzene rings is 3.